The zero-order valence-electron chi connectivity index (χ0n) is 8.76. The van der Waals surface area contributed by atoms with E-state index in [0.717, 1.165) is 5.92 Å². The average molecular weight is 168 g/mol. The van der Waals surface area contributed by atoms with Crippen LogP contribution in [0.4, 0.5) is 0 Å². The smallest absolute Gasteiger partial charge is 0.0490 e. The molecule has 1 heterocycles. The van der Waals surface area contributed by atoms with E-state index in [9.17, 15) is 0 Å². The molecule has 2 nitrogen and oxygen atoms in total. The lowest BCUT2D eigenvalue weighted by Gasteiger charge is -1.95. The molecule has 0 amide bonds. The van der Waals surface area contributed by atoms with E-state index in [1.165, 1.54) is 5.69 Å². The lowest BCUT2D eigenvalue weighted by Crippen LogP contribution is -1.85. The number of rotatable bonds is 1. The predicted molar refractivity (Wildman–Crippen MR) is 53.2 cm³/mol. The van der Waals surface area contributed by atoms with Gasteiger partial charge in [-0.2, -0.15) is 5.10 Å². The standard InChI is InChI=1S/C6H10N2.C4H10/c1-5(2)6-3-4-7-8-6;1-4(2)3/h3-5H,1-2H3,(H,7,8);4H,1-3H3. The highest BCUT2D eigenvalue weighted by molar-refractivity contribution is 5.01. The summed E-state index contributed by atoms with van der Waals surface area (Å²) in [6.07, 6.45) is 1.77. The quantitative estimate of drug-likeness (QED) is 0.685. The van der Waals surface area contributed by atoms with Gasteiger partial charge in [0.2, 0.25) is 0 Å². The molecule has 1 N–H and O–H groups in total. The molecule has 0 spiro atoms. The topological polar surface area (TPSA) is 28.7 Å². The second-order valence-electron chi connectivity index (χ2n) is 3.90. The first kappa shape index (κ1) is 11.2. The van der Waals surface area contributed by atoms with E-state index < -0.39 is 0 Å². The van der Waals surface area contributed by atoms with Gasteiger partial charge in [-0.3, -0.25) is 5.10 Å². The molecule has 1 rings (SSSR count). The normalized spacial score (nSPS) is 9.92. The van der Waals surface area contributed by atoms with E-state index in [4.69, 9.17) is 0 Å². The summed E-state index contributed by atoms with van der Waals surface area (Å²) < 4.78 is 0. The van der Waals surface area contributed by atoms with Gasteiger partial charge in [0.15, 0.2) is 0 Å². The van der Waals surface area contributed by atoms with Crippen LogP contribution in [0.2, 0.25) is 0 Å². The SMILES string of the molecule is CC(C)C.CC(C)c1ccn[nH]1. The minimum Gasteiger partial charge on any atom is -0.282 e. The molecule has 0 fully saturated rings. The van der Waals surface area contributed by atoms with E-state index in [1.54, 1.807) is 6.20 Å². The van der Waals surface area contributed by atoms with Gasteiger partial charge in [0, 0.05) is 11.9 Å². The zero-order chi connectivity index (χ0) is 9.56. The summed E-state index contributed by atoms with van der Waals surface area (Å²) in [4.78, 5) is 0. The van der Waals surface area contributed by atoms with Crippen LogP contribution in [0.25, 0.3) is 0 Å². The summed E-state index contributed by atoms with van der Waals surface area (Å²) in [7, 11) is 0. The van der Waals surface area contributed by atoms with Crippen molar-refractivity contribution in [3.8, 4) is 0 Å². The average Bonchev–Trinajstić information content (AvgIpc) is 2.34. The highest BCUT2D eigenvalue weighted by atomic mass is 15.1. The molecule has 0 saturated heterocycles. The van der Waals surface area contributed by atoms with Gasteiger partial charge in [0.1, 0.15) is 0 Å². The van der Waals surface area contributed by atoms with Gasteiger partial charge in [-0.1, -0.05) is 34.6 Å². The van der Waals surface area contributed by atoms with Crippen LogP contribution in [-0.4, -0.2) is 10.2 Å². The van der Waals surface area contributed by atoms with Crippen LogP contribution in [0.3, 0.4) is 0 Å². The second kappa shape index (κ2) is 5.81. The maximum Gasteiger partial charge on any atom is 0.0490 e. The highest BCUT2D eigenvalue weighted by Crippen LogP contribution is 2.07. The van der Waals surface area contributed by atoms with Crippen LogP contribution in [0.5, 0.6) is 0 Å². The maximum absolute atomic E-state index is 3.82. The Kier molecular flexibility index (Phi) is 5.43. The first-order chi connectivity index (χ1) is 5.54. The second-order valence-corrected chi connectivity index (χ2v) is 3.90. The van der Waals surface area contributed by atoms with E-state index in [-0.39, 0.29) is 0 Å². The molecule has 0 radical (unpaired) electrons. The van der Waals surface area contributed by atoms with Crippen LogP contribution in [0, 0.1) is 5.92 Å². The van der Waals surface area contributed by atoms with Crippen LogP contribution < -0.4 is 0 Å². The molecule has 1 aromatic heterocycles. The number of nitrogens with one attached hydrogen (secondary N) is 1. The Hall–Kier alpha value is -0.790. The molecule has 2 heteroatoms. The van der Waals surface area contributed by atoms with E-state index in [2.05, 4.69) is 44.8 Å². The fourth-order valence-corrected chi connectivity index (χ4v) is 0.588. The molecule has 0 aliphatic carbocycles. The molecule has 0 unspecified atom stereocenters. The number of aromatic nitrogens is 2. The number of nitrogens with zero attached hydrogens (tertiary/aromatic N) is 1. The molecule has 12 heavy (non-hydrogen) atoms. The summed E-state index contributed by atoms with van der Waals surface area (Å²) >= 11 is 0. The van der Waals surface area contributed by atoms with Crippen LogP contribution in [-0.2, 0) is 0 Å². The molecule has 0 atom stereocenters. The Morgan fingerprint density at radius 2 is 1.67 bits per heavy atom. The minimum atomic E-state index is 0.567. The Morgan fingerprint density at radius 1 is 1.17 bits per heavy atom. The largest absolute Gasteiger partial charge is 0.282 e. The summed E-state index contributed by atoms with van der Waals surface area (Å²) in [6.45, 7) is 10.8. The van der Waals surface area contributed by atoms with Crippen LogP contribution in [0.15, 0.2) is 12.3 Å². The van der Waals surface area contributed by atoms with Crippen LogP contribution >= 0.6 is 0 Å². The Morgan fingerprint density at radius 3 is 1.83 bits per heavy atom. The van der Waals surface area contributed by atoms with Crippen molar-refractivity contribution in [1.29, 1.82) is 0 Å². The first-order valence-electron chi connectivity index (χ1n) is 4.53. The predicted octanol–water partition coefficient (Wildman–Crippen LogP) is 3.20. The molecular formula is C10H20N2. The van der Waals surface area contributed by atoms with E-state index >= 15 is 0 Å². The van der Waals surface area contributed by atoms with Gasteiger partial charge in [-0.25, -0.2) is 0 Å². The van der Waals surface area contributed by atoms with E-state index in [1.807, 2.05) is 6.07 Å². The fraction of sp³-hybridized carbons (Fsp3) is 0.700. The lowest BCUT2D eigenvalue weighted by molar-refractivity contribution is 0.737. The van der Waals surface area contributed by atoms with Crippen molar-refractivity contribution in [2.45, 2.75) is 40.5 Å². The summed E-state index contributed by atoms with van der Waals surface area (Å²) in [5.74, 6) is 1.40. The van der Waals surface area contributed by atoms with Crippen molar-refractivity contribution in [1.82, 2.24) is 10.2 Å². The summed E-state index contributed by atoms with van der Waals surface area (Å²) in [5, 5.41) is 6.70. The Bertz CT molecular complexity index is 173. The third-order valence-corrected chi connectivity index (χ3v) is 1.14. The molecule has 70 valence electrons. The number of aromatic amines is 1. The van der Waals surface area contributed by atoms with Crippen molar-refractivity contribution < 1.29 is 0 Å². The first-order valence-corrected chi connectivity index (χ1v) is 4.53. The summed E-state index contributed by atoms with van der Waals surface area (Å²) in [6, 6.07) is 1.99. The number of hydrogen-bond donors (Lipinski definition) is 1. The van der Waals surface area contributed by atoms with Gasteiger partial charge in [0.25, 0.3) is 0 Å². The van der Waals surface area contributed by atoms with Crippen molar-refractivity contribution in [3.05, 3.63) is 18.0 Å². The zero-order valence-corrected chi connectivity index (χ0v) is 8.76. The van der Waals surface area contributed by atoms with Crippen molar-refractivity contribution in [2.75, 3.05) is 0 Å². The molecule has 1 aromatic rings. The Balaban J connectivity index is 0.000000261. The molecule has 0 aromatic carbocycles. The van der Waals surface area contributed by atoms with Gasteiger partial charge in [-0.05, 0) is 17.9 Å². The minimum absolute atomic E-state index is 0.567. The molecule has 0 saturated carbocycles. The monoisotopic (exact) mass is 168 g/mol. The number of H-pyrrole nitrogens is 1. The molecular weight excluding hydrogens is 148 g/mol. The van der Waals surface area contributed by atoms with Gasteiger partial charge >= 0.3 is 0 Å². The Labute approximate surface area is 75.4 Å². The van der Waals surface area contributed by atoms with Gasteiger partial charge in [-0.15, -0.1) is 0 Å². The molecule has 0 aliphatic rings. The molecule has 0 aliphatic heterocycles. The van der Waals surface area contributed by atoms with Crippen molar-refractivity contribution in [2.24, 2.45) is 5.92 Å². The van der Waals surface area contributed by atoms with Crippen LogP contribution in [0.1, 0.15) is 46.2 Å². The van der Waals surface area contributed by atoms with Gasteiger partial charge in [0.05, 0.1) is 0 Å². The number of hydrogen-bond acceptors (Lipinski definition) is 1. The van der Waals surface area contributed by atoms with Crippen molar-refractivity contribution in [3.63, 3.8) is 0 Å². The maximum atomic E-state index is 3.82. The van der Waals surface area contributed by atoms with Gasteiger partial charge < -0.3 is 0 Å². The van der Waals surface area contributed by atoms with E-state index in [0.29, 0.717) is 5.92 Å². The third-order valence-electron chi connectivity index (χ3n) is 1.14. The fourth-order valence-electron chi connectivity index (χ4n) is 0.588. The highest BCUT2D eigenvalue weighted by Gasteiger charge is 1.95. The lowest BCUT2D eigenvalue weighted by atomic mass is 10.1. The third kappa shape index (κ3) is 5.96. The summed E-state index contributed by atoms with van der Waals surface area (Å²) in [5.41, 5.74) is 1.20. The van der Waals surface area contributed by atoms with Crippen molar-refractivity contribution >= 4 is 0 Å². The molecule has 0 bridgehead atoms.